The smallest absolute Gasteiger partial charge is 0.291 e. The Morgan fingerprint density at radius 3 is 2.62 bits per heavy atom. The number of halogens is 1. The van der Waals surface area contributed by atoms with Crippen LogP contribution in [0.5, 0.6) is 5.75 Å². The molecule has 9 heteroatoms. The topological polar surface area (TPSA) is 108 Å². The number of amides is 1. The molecule has 0 unspecified atom stereocenters. The van der Waals surface area contributed by atoms with Crippen molar-refractivity contribution in [2.45, 2.75) is 38.3 Å². The summed E-state index contributed by atoms with van der Waals surface area (Å²) in [5, 5.41) is 19.6. The molecule has 40 heavy (non-hydrogen) atoms. The highest BCUT2D eigenvalue weighted by Crippen LogP contribution is 2.44. The van der Waals surface area contributed by atoms with E-state index in [9.17, 15) is 19.7 Å². The quantitative estimate of drug-likeness (QED) is 0.350. The maximum absolute atomic E-state index is 13.9. The van der Waals surface area contributed by atoms with Gasteiger partial charge in [-0.05, 0) is 80.3 Å². The van der Waals surface area contributed by atoms with Crippen molar-refractivity contribution in [2.24, 2.45) is 0 Å². The normalized spacial score (nSPS) is 17.5. The van der Waals surface area contributed by atoms with Crippen LogP contribution in [0.1, 0.15) is 41.6 Å². The van der Waals surface area contributed by atoms with E-state index >= 15 is 0 Å². The Balaban J connectivity index is 1.60. The van der Waals surface area contributed by atoms with Crippen molar-refractivity contribution < 1.29 is 13.9 Å². The van der Waals surface area contributed by atoms with Gasteiger partial charge in [0, 0.05) is 41.5 Å². The maximum atomic E-state index is 13.9. The van der Waals surface area contributed by atoms with Crippen molar-refractivity contribution in [2.75, 3.05) is 13.7 Å². The number of likely N-dealkylation sites (tertiary alicyclic amines) is 1. The molecule has 2 aliphatic rings. The first-order valence-electron chi connectivity index (χ1n) is 13.0. The second-order valence-corrected chi connectivity index (χ2v) is 10.2. The predicted octanol–water partition coefficient (Wildman–Crippen LogP) is 5.37. The average Bonchev–Trinajstić information content (AvgIpc) is 3.58. The van der Waals surface area contributed by atoms with E-state index in [0.717, 1.165) is 23.2 Å². The zero-order chi connectivity index (χ0) is 28.0. The van der Waals surface area contributed by atoms with Crippen LogP contribution >= 0.6 is 0 Å². The summed E-state index contributed by atoms with van der Waals surface area (Å²) in [6.45, 7) is 2.76. The molecule has 4 heterocycles. The molecular weight excluding hydrogens is 507 g/mol. The number of hydrogen-bond donors (Lipinski definition) is 0. The Labute approximate surface area is 230 Å². The van der Waals surface area contributed by atoms with Gasteiger partial charge in [-0.25, -0.2) is 14.4 Å². The number of imidazole rings is 1. The van der Waals surface area contributed by atoms with E-state index in [1.54, 1.807) is 43.3 Å². The van der Waals surface area contributed by atoms with E-state index in [1.165, 1.54) is 12.1 Å². The standard InChI is InChI=1S/C31H25FN6O2/c1-31(18-34)11-4-13-38(31)30(39)29-36-27(19-6-8-21(32)9-7-19)28-23-16-24(22-5-3-12-35-25(22)17-33)26(40-2)15-20(23)10-14-37(28)29/h3,5-9,12,15-16H,4,10-11,13-14H2,1-2H3/t31-/m1/s1. The summed E-state index contributed by atoms with van der Waals surface area (Å²) < 4.78 is 21.5. The molecule has 4 aromatic rings. The maximum Gasteiger partial charge on any atom is 0.291 e. The molecule has 2 aromatic heterocycles. The largest absolute Gasteiger partial charge is 0.496 e. The third kappa shape index (κ3) is 3.90. The van der Waals surface area contributed by atoms with Crippen molar-refractivity contribution in [1.29, 1.82) is 10.5 Å². The second kappa shape index (κ2) is 9.62. The molecule has 0 spiro atoms. The summed E-state index contributed by atoms with van der Waals surface area (Å²) >= 11 is 0. The van der Waals surface area contributed by atoms with E-state index in [4.69, 9.17) is 9.72 Å². The molecular formula is C31H25FN6O2. The summed E-state index contributed by atoms with van der Waals surface area (Å²) in [7, 11) is 1.59. The van der Waals surface area contributed by atoms with Crippen molar-refractivity contribution in [3.05, 3.63) is 77.6 Å². The summed E-state index contributed by atoms with van der Waals surface area (Å²) in [5.41, 5.74) is 4.46. The van der Waals surface area contributed by atoms with Crippen molar-refractivity contribution in [1.82, 2.24) is 19.4 Å². The fourth-order valence-corrected chi connectivity index (χ4v) is 5.81. The second-order valence-electron chi connectivity index (χ2n) is 10.2. The molecule has 2 aliphatic heterocycles. The van der Waals surface area contributed by atoms with Crippen LogP contribution in [0.2, 0.25) is 0 Å². The summed E-state index contributed by atoms with van der Waals surface area (Å²) in [6, 6.07) is 18.0. The number of carbonyl (C=O) groups is 1. The molecule has 1 saturated heterocycles. The molecule has 1 amide bonds. The van der Waals surface area contributed by atoms with Crippen LogP contribution in [0.3, 0.4) is 0 Å². The summed E-state index contributed by atoms with van der Waals surface area (Å²) in [6.07, 6.45) is 3.53. The van der Waals surface area contributed by atoms with E-state index < -0.39 is 5.54 Å². The first kappa shape index (κ1) is 25.3. The zero-order valence-corrected chi connectivity index (χ0v) is 22.1. The molecule has 0 radical (unpaired) electrons. The number of rotatable bonds is 4. The number of nitrogens with zero attached hydrogens (tertiary/aromatic N) is 6. The minimum Gasteiger partial charge on any atom is -0.496 e. The molecule has 0 bridgehead atoms. The van der Waals surface area contributed by atoms with Crippen LogP contribution in [-0.2, 0) is 13.0 Å². The number of aromatic nitrogens is 3. The Hall–Kier alpha value is -5.02. The minimum atomic E-state index is -0.902. The lowest BCUT2D eigenvalue weighted by molar-refractivity contribution is 0.0675. The molecule has 198 valence electrons. The van der Waals surface area contributed by atoms with Gasteiger partial charge in [-0.2, -0.15) is 10.5 Å². The van der Waals surface area contributed by atoms with Gasteiger partial charge in [-0.15, -0.1) is 0 Å². The molecule has 1 fully saturated rings. The Morgan fingerprint density at radius 2 is 1.90 bits per heavy atom. The molecule has 8 nitrogen and oxygen atoms in total. The number of methoxy groups -OCH3 is 1. The van der Waals surface area contributed by atoms with Crippen LogP contribution in [0.25, 0.3) is 33.6 Å². The Morgan fingerprint density at radius 1 is 1.10 bits per heavy atom. The van der Waals surface area contributed by atoms with E-state index in [2.05, 4.69) is 17.1 Å². The van der Waals surface area contributed by atoms with Gasteiger partial charge in [0.25, 0.3) is 5.91 Å². The van der Waals surface area contributed by atoms with Gasteiger partial charge in [-0.1, -0.05) is 0 Å². The fraction of sp³-hybridized carbons (Fsp3) is 0.258. The van der Waals surface area contributed by atoms with Crippen molar-refractivity contribution >= 4 is 5.91 Å². The Kier molecular flexibility index (Phi) is 6.08. The van der Waals surface area contributed by atoms with Gasteiger partial charge in [-0.3, -0.25) is 4.79 Å². The number of aryl methyl sites for hydroxylation is 1. The van der Waals surface area contributed by atoms with Gasteiger partial charge >= 0.3 is 0 Å². The van der Waals surface area contributed by atoms with Gasteiger partial charge in [0.05, 0.1) is 24.6 Å². The molecule has 1 atom stereocenters. The minimum absolute atomic E-state index is 0.250. The zero-order valence-electron chi connectivity index (χ0n) is 22.1. The van der Waals surface area contributed by atoms with Crippen LogP contribution in [0.15, 0.2) is 54.7 Å². The first-order chi connectivity index (χ1) is 19.4. The Bertz CT molecular complexity index is 1750. The number of pyridine rings is 1. The highest BCUT2D eigenvalue weighted by Gasteiger charge is 2.42. The number of ether oxygens (including phenoxy) is 1. The number of fused-ring (bicyclic) bond motifs is 3. The van der Waals surface area contributed by atoms with E-state index in [0.29, 0.717) is 54.1 Å². The molecule has 6 rings (SSSR count). The van der Waals surface area contributed by atoms with Crippen LogP contribution in [-0.4, -0.2) is 44.5 Å². The van der Waals surface area contributed by atoms with Gasteiger partial charge in [0.2, 0.25) is 0 Å². The molecule has 0 saturated carbocycles. The van der Waals surface area contributed by atoms with Gasteiger partial charge in [0.1, 0.15) is 28.9 Å². The number of carbonyl (C=O) groups excluding carboxylic acids is 1. The lowest BCUT2D eigenvalue weighted by atomic mass is 9.90. The molecule has 0 N–H and O–H groups in total. The van der Waals surface area contributed by atoms with Gasteiger partial charge in [0.15, 0.2) is 5.82 Å². The number of benzene rings is 2. The van der Waals surface area contributed by atoms with Crippen molar-refractivity contribution in [3.8, 4) is 51.5 Å². The van der Waals surface area contributed by atoms with E-state index in [1.807, 2.05) is 22.8 Å². The highest BCUT2D eigenvalue weighted by atomic mass is 19.1. The summed E-state index contributed by atoms with van der Waals surface area (Å²) in [5.74, 6) is 0.188. The lowest BCUT2D eigenvalue weighted by Crippen LogP contribution is -2.45. The van der Waals surface area contributed by atoms with E-state index in [-0.39, 0.29) is 23.2 Å². The van der Waals surface area contributed by atoms with Gasteiger partial charge < -0.3 is 14.2 Å². The summed E-state index contributed by atoms with van der Waals surface area (Å²) in [4.78, 5) is 24.6. The highest BCUT2D eigenvalue weighted by molar-refractivity contribution is 5.96. The number of nitriles is 2. The monoisotopic (exact) mass is 532 g/mol. The number of hydrogen-bond acceptors (Lipinski definition) is 6. The average molecular weight is 533 g/mol. The first-order valence-corrected chi connectivity index (χ1v) is 13.0. The van der Waals surface area contributed by atoms with Crippen molar-refractivity contribution in [3.63, 3.8) is 0 Å². The molecule has 2 aromatic carbocycles. The SMILES string of the molecule is COc1cc2c(cc1-c1cccnc1C#N)-c1c(-c3ccc(F)cc3)nc(C(=O)N3CCC[C@]3(C)C#N)n1CC2. The third-order valence-corrected chi connectivity index (χ3v) is 7.89. The molecule has 0 aliphatic carbocycles. The third-order valence-electron chi connectivity index (χ3n) is 7.89. The fourth-order valence-electron chi connectivity index (χ4n) is 5.81. The van der Waals surface area contributed by atoms with Crippen LogP contribution in [0.4, 0.5) is 4.39 Å². The van der Waals surface area contributed by atoms with Crippen LogP contribution < -0.4 is 4.74 Å². The predicted molar refractivity (Wildman–Crippen MR) is 146 cm³/mol. The van der Waals surface area contributed by atoms with Crippen LogP contribution in [0, 0.1) is 28.5 Å². The lowest BCUT2D eigenvalue weighted by Gasteiger charge is -2.29.